The van der Waals surface area contributed by atoms with Crippen LogP contribution in [0.25, 0.3) is 65.7 Å². The lowest BCUT2D eigenvalue weighted by atomic mass is 9.77. The molecule has 0 N–H and O–H groups in total. The van der Waals surface area contributed by atoms with Gasteiger partial charge in [0.25, 0.3) is 0 Å². The molecule has 184 valence electrons. The van der Waals surface area contributed by atoms with Crippen LogP contribution in [-0.2, 0) is 5.41 Å². The quantitative estimate of drug-likeness (QED) is 0.217. The molecule has 0 spiro atoms. The van der Waals surface area contributed by atoms with E-state index < -0.39 is 0 Å². The fourth-order valence-electron chi connectivity index (χ4n) is 7.02. The largest absolute Gasteiger partial charge is 0.264 e. The maximum atomic E-state index is 4.66. The van der Waals surface area contributed by atoms with E-state index in [1.807, 2.05) is 6.20 Å². The van der Waals surface area contributed by atoms with Crippen LogP contribution in [0.15, 0.2) is 128 Å². The van der Waals surface area contributed by atoms with Crippen LogP contribution in [0, 0.1) is 0 Å². The minimum atomic E-state index is -0.102. The van der Waals surface area contributed by atoms with Crippen LogP contribution in [0.2, 0.25) is 0 Å². The molecule has 1 aliphatic carbocycles. The molecule has 0 atom stereocenters. The number of benzene rings is 6. The third kappa shape index (κ3) is 3.11. The zero-order valence-electron chi connectivity index (χ0n) is 22.1. The van der Waals surface area contributed by atoms with Crippen LogP contribution in [0.1, 0.15) is 25.0 Å². The van der Waals surface area contributed by atoms with Gasteiger partial charge in [0.1, 0.15) is 0 Å². The lowest BCUT2D eigenvalue weighted by Crippen LogP contribution is -2.16. The third-order valence-electron chi connectivity index (χ3n) is 8.71. The van der Waals surface area contributed by atoms with Gasteiger partial charge in [-0.1, -0.05) is 117 Å². The van der Waals surface area contributed by atoms with Gasteiger partial charge in [0.05, 0.1) is 0 Å². The predicted molar refractivity (Wildman–Crippen MR) is 165 cm³/mol. The normalized spacial score (nSPS) is 13.6. The molecule has 1 heterocycles. The molecular weight excluding hydrogens is 470 g/mol. The topological polar surface area (TPSA) is 12.9 Å². The molecule has 1 aliphatic rings. The smallest absolute Gasteiger partial charge is 0.0353 e. The van der Waals surface area contributed by atoms with Crippen molar-refractivity contribution in [1.82, 2.24) is 4.98 Å². The van der Waals surface area contributed by atoms with Crippen LogP contribution in [0.4, 0.5) is 0 Å². The highest BCUT2D eigenvalue weighted by molar-refractivity contribution is 6.22. The average Bonchev–Trinajstić information content (AvgIpc) is 3.22. The first-order valence-corrected chi connectivity index (χ1v) is 13.6. The summed E-state index contributed by atoms with van der Waals surface area (Å²) in [6, 6.07) is 42.2. The lowest BCUT2D eigenvalue weighted by Gasteiger charge is -2.26. The first-order valence-electron chi connectivity index (χ1n) is 13.6. The van der Waals surface area contributed by atoms with Crippen molar-refractivity contribution in [2.45, 2.75) is 19.3 Å². The minimum Gasteiger partial charge on any atom is -0.264 e. The zero-order valence-corrected chi connectivity index (χ0v) is 22.1. The summed E-state index contributed by atoms with van der Waals surface area (Å²) in [4.78, 5) is 4.66. The summed E-state index contributed by atoms with van der Waals surface area (Å²) < 4.78 is 0. The van der Waals surface area contributed by atoms with Crippen LogP contribution >= 0.6 is 0 Å². The highest BCUT2D eigenvalue weighted by atomic mass is 14.6. The van der Waals surface area contributed by atoms with Gasteiger partial charge < -0.3 is 0 Å². The molecule has 1 aromatic heterocycles. The maximum Gasteiger partial charge on any atom is 0.0353 e. The van der Waals surface area contributed by atoms with Crippen LogP contribution in [-0.4, -0.2) is 4.98 Å². The molecule has 6 aromatic carbocycles. The molecule has 39 heavy (non-hydrogen) atoms. The number of fused-ring (bicyclic) bond motifs is 6. The molecule has 0 saturated heterocycles. The monoisotopic (exact) mass is 497 g/mol. The Morgan fingerprint density at radius 3 is 2.05 bits per heavy atom. The van der Waals surface area contributed by atoms with Crippen molar-refractivity contribution in [3.63, 3.8) is 0 Å². The van der Waals surface area contributed by atoms with Crippen molar-refractivity contribution in [2.75, 3.05) is 0 Å². The van der Waals surface area contributed by atoms with E-state index in [9.17, 15) is 0 Å². The van der Waals surface area contributed by atoms with E-state index in [0.29, 0.717) is 0 Å². The van der Waals surface area contributed by atoms with Gasteiger partial charge >= 0.3 is 0 Å². The molecular formula is C38H27N. The number of nitrogens with zero attached hydrogens (tertiary/aromatic N) is 1. The molecule has 7 aromatic rings. The lowest BCUT2D eigenvalue weighted by molar-refractivity contribution is 0.662. The van der Waals surface area contributed by atoms with Gasteiger partial charge in [0, 0.05) is 23.2 Å². The average molecular weight is 498 g/mol. The van der Waals surface area contributed by atoms with Gasteiger partial charge in [-0.25, -0.2) is 0 Å². The van der Waals surface area contributed by atoms with Crippen molar-refractivity contribution >= 4 is 32.3 Å². The first kappa shape index (κ1) is 22.3. The van der Waals surface area contributed by atoms with Gasteiger partial charge in [-0.3, -0.25) is 4.98 Å². The summed E-state index contributed by atoms with van der Waals surface area (Å²) in [6.45, 7) is 4.74. The molecule has 0 radical (unpaired) electrons. The molecule has 8 rings (SSSR count). The second-order valence-corrected chi connectivity index (χ2v) is 11.2. The van der Waals surface area contributed by atoms with Gasteiger partial charge in [-0.05, 0) is 83.6 Å². The summed E-state index contributed by atoms with van der Waals surface area (Å²) in [5.41, 5.74) is 10.5. The van der Waals surface area contributed by atoms with Crippen molar-refractivity contribution in [2.24, 2.45) is 0 Å². The van der Waals surface area contributed by atoms with Crippen LogP contribution < -0.4 is 0 Å². The van der Waals surface area contributed by atoms with Crippen LogP contribution in [0.5, 0.6) is 0 Å². The number of pyridine rings is 1. The summed E-state index contributed by atoms with van der Waals surface area (Å²) in [6.07, 6.45) is 4.00. The number of aromatic nitrogens is 1. The Bertz CT molecular complexity index is 2040. The van der Waals surface area contributed by atoms with Crippen LogP contribution in [0.3, 0.4) is 0 Å². The number of hydrogen-bond donors (Lipinski definition) is 0. The Hall–Kier alpha value is -4.75. The Kier molecular flexibility index (Phi) is 4.63. The fraction of sp³-hybridized carbons (Fsp3) is 0.0789. The van der Waals surface area contributed by atoms with E-state index in [4.69, 9.17) is 0 Å². The zero-order chi connectivity index (χ0) is 26.1. The van der Waals surface area contributed by atoms with Gasteiger partial charge in [-0.15, -0.1) is 0 Å². The Morgan fingerprint density at radius 1 is 0.513 bits per heavy atom. The summed E-state index contributed by atoms with van der Waals surface area (Å²) in [5, 5.41) is 7.48. The second-order valence-electron chi connectivity index (χ2n) is 11.2. The highest BCUT2D eigenvalue weighted by Crippen LogP contribution is 2.54. The van der Waals surface area contributed by atoms with E-state index in [1.54, 1.807) is 0 Å². The van der Waals surface area contributed by atoms with Crippen molar-refractivity contribution in [3.8, 4) is 33.4 Å². The maximum absolute atomic E-state index is 4.66. The predicted octanol–water partition coefficient (Wildman–Crippen LogP) is 10.2. The highest BCUT2D eigenvalue weighted by Gasteiger charge is 2.37. The Labute approximate surface area is 228 Å². The summed E-state index contributed by atoms with van der Waals surface area (Å²) in [5.74, 6) is 0. The molecule has 0 unspecified atom stereocenters. The third-order valence-corrected chi connectivity index (χ3v) is 8.71. The van der Waals surface area contributed by atoms with E-state index in [1.165, 1.54) is 76.8 Å². The molecule has 0 aliphatic heterocycles. The molecule has 0 bridgehead atoms. The number of hydrogen-bond acceptors (Lipinski definition) is 1. The van der Waals surface area contributed by atoms with Crippen molar-refractivity contribution < 1.29 is 0 Å². The van der Waals surface area contributed by atoms with E-state index in [-0.39, 0.29) is 5.41 Å². The van der Waals surface area contributed by atoms with Crippen molar-refractivity contribution in [1.29, 1.82) is 0 Å². The van der Waals surface area contributed by atoms with E-state index in [0.717, 1.165) is 0 Å². The molecule has 0 saturated carbocycles. The van der Waals surface area contributed by atoms with E-state index >= 15 is 0 Å². The molecule has 1 heteroatoms. The minimum absolute atomic E-state index is 0.102. The second kappa shape index (κ2) is 8.12. The fourth-order valence-corrected chi connectivity index (χ4v) is 7.02. The number of rotatable bonds is 2. The molecule has 0 amide bonds. The molecule has 1 nitrogen and oxygen atoms in total. The Balaban J connectivity index is 1.51. The van der Waals surface area contributed by atoms with Gasteiger partial charge in [0.15, 0.2) is 0 Å². The SMILES string of the molecule is CC1(C)c2ccccc2-c2cccc(-c3c4ccccc4c(-c4ccc5ccccc5c4)c4ccncc34)c21. The summed E-state index contributed by atoms with van der Waals surface area (Å²) >= 11 is 0. The van der Waals surface area contributed by atoms with Gasteiger partial charge in [0.2, 0.25) is 0 Å². The van der Waals surface area contributed by atoms with Gasteiger partial charge in [-0.2, -0.15) is 0 Å². The van der Waals surface area contributed by atoms with E-state index in [2.05, 4.69) is 140 Å². The first-order chi connectivity index (χ1) is 19.1. The summed E-state index contributed by atoms with van der Waals surface area (Å²) in [7, 11) is 0. The van der Waals surface area contributed by atoms with Crippen molar-refractivity contribution in [3.05, 3.63) is 139 Å². The standard InChI is InChI=1S/C38H27N/c1-38(2)34-17-8-7-12-27(34)31-15-9-16-32(37(31)38)36-29-14-6-5-13-28(29)35(30-20-21-39-23-33(30)36)26-19-18-24-10-3-4-11-25(24)22-26/h3-23H,1-2H3. The Morgan fingerprint density at radius 2 is 1.18 bits per heavy atom. The molecule has 0 fully saturated rings.